The molecule has 8 heteroatoms. The Morgan fingerprint density at radius 1 is 1.10 bits per heavy atom. The van der Waals surface area contributed by atoms with E-state index in [1.54, 1.807) is 12.1 Å². The minimum absolute atomic E-state index is 0.0255. The third-order valence-corrected chi connectivity index (χ3v) is 5.32. The average Bonchev–Trinajstić information content (AvgIpc) is 3.22. The van der Waals surface area contributed by atoms with E-state index < -0.39 is 0 Å². The molecule has 0 bridgehead atoms. The summed E-state index contributed by atoms with van der Waals surface area (Å²) in [5, 5.41) is 0. The third kappa shape index (κ3) is 4.18. The second-order valence-corrected chi connectivity index (χ2v) is 8.22. The van der Waals surface area contributed by atoms with Crippen molar-refractivity contribution >= 4 is 11.7 Å². The van der Waals surface area contributed by atoms with Crippen LogP contribution >= 0.6 is 0 Å². The van der Waals surface area contributed by atoms with Gasteiger partial charge in [0.05, 0.1) is 11.7 Å². The van der Waals surface area contributed by atoms with Gasteiger partial charge in [0.25, 0.3) is 5.91 Å². The summed E-state index contributed by atoms with van der Waals surface area (Å²) in [5.74, 6) is 2.85. The number of carbonyl (C=O) groups is 1. The molecule has 1 amide bonds. The Hall–Kier alpha value is -2.87. The first-order valence-electron chi connectivity index (χ1n) is 10.3. The number of benzene rings is 1. The molecule has 1 fully saturated rings. The van der Waals surface area contributed by atoms with E-state index in [1.165, 1.54) is 0 Å². The highest BCUT2D eigenvalue weighted by Crippen LogP contribution is 2.35. The van der Waals surface area contributed by atoms with E-state index in [-0.39, 0.29) is 11.9 Å². The van der Waals surface area contributed by atoms with Crippen LogP contribution in [-0.2, 0) is 6.54 Å². The monoisotopic (exact) mass is 411 g/mol. The molecule has 0 spiro atoms. The molecule has 2 aliphatic heterocycles. The third-order valence-electron chi connectivity index (χ3n) is 5.32. The Bertz CT molecular complexity index is 931. The maximum absolute atomic E-state index is 13.4. The number of rotatable bonds is 5. The fourth-order valence-corrected chi connectivity index (χ4v) is 3.91. The molecule has 0 N–H and O–H groups in total. The highest BCUT2D eigenvalue weighted by Gasteiger charge is 2.33. The minimum atomic E-state index is -0.133. The summed E-state index contributed by atoms with van der Waals surface area (Å²) in [7, 11) is 7.98. The largest absolute Gasteiger partial charge is 0.486 e. The van der Waals surface area contributed by atoms with Crippen LogP contribution in [0.3, 0.4) is 0 Å². The first-order valence-corrected chi connectivity index (χ1v) is 10.3. The number of likely N-dealkylation sites (tertiary alicyclic amines) is 1. The van der Waals surface area contributed by atoms with Crippen molar-refractivity contribution in [2.45, 2.75) is 25.4 Å². The number of amides is 1. The van der Waals surface area contributed by atoms with Gasteiger partial charge >= 0.3 is 0 Å². The Kier molecular flexibility index (Phi) is 5.76. The molecule has 0 saturated carbocycles. The standard InChI is InChI=1S/C22H29N5O3/c1-25(2)14-16-13-20(26(3)4)24-21(23-16)17-6-5-9-27(17)22(28)15-7-8-18-19(12-15)30-11-10-29-18/h7-8,12-13,17H,5-6,9-11,14H2,1-4H3. The van der Waals surface area contributed by atoms with Gasteiger partial charge in [0.15, 0.2) is 17.3 Å². The molecular formula is C22H29N5O3. The van der Waals surface area contributed by atoms with Crippen molar-refractivity contribution in [3.8, 4) is 11.5 Å². The predicted octanol–water partition coefficient (Wildman–Crippen LogP) is 2.35. The lowest BCUT2D eigenvalue weighted by Crippen LogP contribution is -2.32. The van der Waals surface area contributed by atoms with Gasteiger partial charge in [-0.1, -0.05) is 0 Å². The van der Waals surface area contributed by atoms with Crippen LogP contribution in [0.2, 0.25) is 0 Å². The summed E-state index contributed by atoms with van der Waals surface area (Å²) in [4.78, 5) is 28.9. The lowest BCUT2D eigenvalue weighted by molar-refractivity contribution is 0.0728. The second-order valence-electron chi connectivity index (χ2n) is 8.22. The van der Waals surface area contributed by atoms with Crippen molar-refractivity contribution in [2.75, 3.05) is 52.8 Å². The second kappa shape index (κ2) is 8.47. The lowest BCUT2D eigenvalue weighted by Gasteiger charge is -2.26. The van der Waals surface area contributed by atoms with E-state index in [9.17, 15) is 4.79 Å². The van der Waals surface area contributed by atoms with Crippen LogP contribution in [-0.4, -0.2) is 73.6 Å². The molecule has 2 aromatic rings. The van der Waals surface area contributed by atoms with Gasteiger partial charge in [-0.15, -0.1) is 0 Å². The summed E-state index contributed by atoms with van der Waals surface area (Å²) in [6.45, 7) is 2.44. The SMILES string of the molecule is CN(C)Cc1cc(N(C)C)nc(C2CCCN2C(=O)c2ccc3c(c2)OCCO3)n1. The maximum atomic E-state index is 13.4. The van der Waals surface area contributed by atoms with Crippen LogP contribution < -0.4 is 14.4 Å². The van der Waals surface area contributed by atoms with Gasteiger partial charge in [-0.3, -0.25) is 4.79 Å². The molecule has 1 saturated heterocycles. The Balaban J connectivity index is 1.63. The van der Waals surface area contributed by atoms with Crippen LogP contribution in [0.1, 0.15) is 40.8 Å². The molecule has 1 aromatic carbocycles. The molecule has 2 aliphatic rings. The van der Waals surface area contributed by atoms with Crippen molar-refractivity contribution in [1.82, 2.24) is 19.8 Å². The lowest BCUT2D eigenvalue weighted by atomic mass is 10.1. The predicted molar refractivity (Wildman–Crippen MR) is 114 cm³/mol. The summed E-state index contributed by atoms with van der Waals surface area (Å²) >= 11 is 0. The Labute approximate surface area is 177 Å². The molecule has 4 rings (SSSR count). The van der Waals surface area contributed by atoms with Crippen LogP contribution in [0.25, 0.3) is 0 Å². The van der Waals surface area contributed by atoms with Gasteiger partial charge in [-0.2, -0.15) is 0 Å². The zero-order valence-electron chi connectivity index (χ0n) is 18.1. The molecule has 1 atom stereocenters. The number of carbonyl (C=O) groups excluding carboxylic acids is 1. The molecule has 0 radical (unpaired) electrons. The molecule has 1 unspecified atom stereocenters. The highest BCUT2D eigenvalue weighted by molar-refractivity contribution is 5.95. The van der Waals surface area contributed by atoms with E-state index in [0.29, 0.717) is 42.6 Å². The van der Waals surface area contributed by atoms with Crippen LogP contribution in [0.4, 0.5) is 5.82 Å². The maximum Gasteiger partial charge on any atom is 0.254 e. The summed E-state index contributed by atoms with van der Waals surface area (Å²) in [5.41, 5.74) is 1.55. The van der Waals surface area contributed by atoms with Gasteiger partial charge in [0, 0.05) is 38.8 Å². The molecule has 0 aliphatic carbocycles. The molecule has 1 aromatic heterocycles. The number of anilines is 1. The van der Waals surface area contributed by atoms with Crippen LogP contribution in [0.5, 0.6) is 11.5 Å². The van der Waals surface area contributed by atoms with Crippen molar-refractivity contribution in [1.29, 1.82) is 0 Å². The van der Waals surface area contributed by atoms with Gasteiger partial charge in [-0.05, 0) is 45.1 Å². The van der Waals surface area contributed by atoms with Gasteiger partial charge in [0.1, 0.15) is 19.0 Å². The Morgan fingerprint density at radius 3 is 2.60 bits per heavy atom. The average molecular weight is 412 g/mol. The van der Waals surface area contributed by atoms with Crippen LogP contribution in [0.15, 0.2) is 24.3 Å². The summed E-state index contributed by atoms with van der Waals surface area (Å²) < 4.78 is 11.2. The van der Waals surface area contributed by atoms with Crippen molar-refractivity contribution in [3.63, 3.8) is 0 Å². The fourth-order valence-electron chi connectivity index (χ4n) is 3.91. The zero-order chi connectivity index (χ0) is 21.3. The minimum Gasteiger partial charge on any atom is -0.486 e. The number of ether oxygens (including phenoxy) is 2. The molecule has 3 heterocycles. The van der Waals surface area contributed by atoms with E-state index in [0.717, 1.165) is 30.9 Å². The van der Waals surface area contributed by atoms with E-state index >= 15 is 0 Å². The fraction of sp³-hybridized carbons (Fsp3) is 0.500. The number of aromatic nitrogens is 2. The first kappa shape index (κ1) is 20.4. The van der Waals surface area contributed by atoms with Gasteiger partial charge in [-0.25, -0.2) is 9.97 Å². The van der Waals surface area contributed by atoms with E-state index in [2.05, 4.69) is 4.90 Å². The normalized spacial score (nSPS) is 18.0. The molecular weight excluding hydrogens is 382 g/mol. The first-order chi connectivity index (χ1) is 14.4. The van der Waals surface area contributed by atoms with Gasteiger partial charge < -0.3 is 24.2 Å². The molecule has 160 valence electrons. The Morgan fingerprint density at radius 2 is 1.87 bits per heavy atom. The van der Waals surface area contributed by atoms with Crippen molar-refractivity contribution < 1.29 is 14.3 Å². The summed E-state index contributed by atoms with van der Waals surface area (Å²) in [6, 6.07) is 7.27. The number of hydrogen-bond donors (Lipinski definition) is 0. The quantitative estimate of drug-likeness (QED) is 0.748. The highest BCUT2D eigenvalue weighted by atomic mass is 16.6. The number of fused-ring (bicyclic) bond motifs is 1. The van der Waals surface area contributed by atoms with Crippen molar-refractivity contribution in [2.24, 2.45) is 0 Å². The van der Waals surface area contributed by atoms with Crippen LogP contribution in [0, 0.1) is 0 Å². The summed E-state index contributed by atoms with van der Waals surface area (Å²) in [6.07, 6.45) is 1.79. The molecule has 30 heavy (non-hydrogen) atoms. The van der Waals surface area contributed by atoms with E-state index in [1.807, 2.05) is 50.1 Å². The van der Waals surface area contributed by atoms with E-state index in [4.69, 9.17) is 19.4 Å². The number of nitrogens with zero attached hydrogens (tertiary/aromatic N) is 5. The molecule has 8 nitrogen and oxygen atoms in total. The topological polar surface area (TPSA) is 71.0 Å². The smallest absolute Gasteiger partial charge is 0.254 e. The van der Waals surface area contributed by atoms with Crippen molar-refractivity contribution in [3.05, 3.63) is 41.3 Å². The number of hydrogen-bond acceptors (Lipinski definition) is 7. The van der Waals surface area contributed by atoms with Gasteiger partial charge in [0.2, 0.25) is 0 Å². The zero-order valence-corrected chi connectivity index (χ0v) is 18.1.